The molecule has 3 nitrogen and oxygen atoms in total. The summed E-state index contributed by atoms with van der Waals surface area (Å²) in [5.41, 5.74) is 0.236. The van der Waals surface area contributed by atoms with Gasteiger partial charge in [0.25, 0.3) is 0 Å². The average molecular weight is 216 g/mol. The number of rotatable bonds is 2. The summed E-state index contributed by atoms with van der Waals surface area (Å²) in [6.45, 7) is 1.25. The summed E-state index contributed by atoms with van der Waals surface area (Å²) < 4.78 is 5.09. The van der Waals surface area contributed by atoms with E-state index in [1.807, 2.05) is 24.3 Å². The van der Waals surface area contributed by atoms with Crippen molar-refractivity contribution in [2.75, 3.05) is 20.2 Å². The summed E-state index contributed by atoms with van der Waals surface area (Å²) in [7, 11) is 1.63. The molecule has 0 amide bonds. The van der Waals surface area contributed by atoms with Crippen molar-refractivity contribution in [1.29, 1.82) is 0 Å². The van der Waals surface area contributed by atoms with E-state index in [4.69, 9.17) is 4.74 Å². The molecule has 0 spiro atoms. The molecule has 1 fully saturated rings. The highest BCUT2D eigenvalue weighted by molar-refractivity contribution is 5.85. The van der Waals surface area contributed by atoms with Crippen molar-refractivity contribution in [3.8, 4) is 5.75 Å². The van der Waals surface area contributed by atoms with Gasteiger partial charge in [-0.3, -0.25) is 0 Å². The molecular weight excluding hydrogens is 202 g/mol. The maximum atomic E-state index is 9.98. The molecule has 78 valence electrons. The first-order valence-electron chi connectivity index (χ1n) is 4.32. The van der Waals surface area contributed by atoms with Crippen LogP contribution in [0.2, 0.25) is 0 Å². The van der Waals surface area contributed by atoms with E-state index in [0.29, 0.717) is 13.1 Å². The fourth-order valence-electron chi connectivity index (χ4n) is 1.48. The zero-order chi connectivity index (χ0) is 9.31. The minimum Gasteiger partial charge on any atom is -0.497 e. The van der Waals surface area contributed by atoms with Crippen LogP contribution in [0.25, 0.3) is 0 Å². The van der Waals surface area contributed by atoms with Crippen molar-refractivity contribution in [2.24, 2.45) is 0 Å². The quantitative estimate of drug-likeness (QED) is 0.771. The Hall–Kier alpha value is -0.770. The van der Waals surface area contributed by atoms with E-state index in [0.717, 1.165) is 11.3 Å². The molecule has 0 aliphatic carbocycles. The maximum Gasteiger partial charge on any atom is 0.119 e. The first-order valence-corrected chi connectivity index (χ1v) is 4.32. The number of hydrogen-bond acceptors (Lipinski definition) is 3. The van der Waals surface area contributed by atoms with Gasteiger partial charge in [0.1, 0.15) is 11.4 Å². The van der Waals surface area contributed by atoms with E-state index >= 15 is 0 Å². The zero-order valence-corrected chi connectivity index (χ0v) is 8.80. The Morgan fingerprint density at radius 3 is 2.64 bits per heavy atom. The van der Waals surface area contributed by atoms with Crippen molar-refractivity contribution in [3.05, 3.63) is 29.8 Å². The van der Waals surface area contributed by atoms with Gasteiger partial charge in [-0.15, -0.1) is 12.4 Å². The molecule has 0 bridgehead atoms. The summed E-state index contributed by atoms with van der Waals surface area (Å²) >= 11 is 0. The van der Waals surface area contributed by atoms with Gasteiger partial charge < -0.3 is 15.2 Å². The Morgan fingerprint density at radius 2 is 2.14 bits per heavy atom. The van der Waals surface area contributed by atoms with Crippen LogP contribution in [0.4, 0.5) is 0 Å². The summed E-state index contributed by atoms with van der Waals surface area (Å²) in [5.74, 6) is 0.790. The Balaban J connectivity index is 0.000000980. The van der Waals surface area contributed by atoms with Gasteiger partial charge in [-0.2, -0.15) is 0 Å². The zero-order valence-electron chi connectivity index (χ0n) is 7.99. The van der Waals surface area contributed by atoms with E-state index in [1.54, 1.807) is 7.11 Å². The molecule has 14 heavy (non-hydrogen) atoms. The van der Waals surface area contributed by atoms with Gasteiger partial charge in [0.05, 0.1) is 7.11 Å². The lowest BCUT2D eigenvalue weighted by Crippen LogP contribution is -2.56. The third kappa shape index (κ3) is 1.85. The monoisotopic (exact) mass is 215 g/mol. The highest BCUT2D eigenvalue weighted by Gasteiger charge is 2.36. The summed E-state index contributed by atoms with van der Waals surface area (Å²) in [5, 5.41) is 13.0. The van der Waals surface area contributed by atoms with Gasteiger partial charge in [-0.05, 0) is 17.7 Å². The second kappa shape index (κ2) is 4.17. The molecule has 0 saturated carbocycles. The normalized spacial score (nSPS) is 17.9. The van der Waals surface area contributed by atoms with Crippen molar-refractivity contribution >= 4 is 12.4 Å². The Labute approximate surface area is 89.5 Å². The predicted molar refractivity (Wildman–Crippen MR) is 57.0 cm³/mol. The second-order valence-corrected chi connectivity index (χ2v) is 3.37. The van der Waals surface area contributed by atoms with Crippen molar-refractivity contribution in [2.45, 2.75) is 5.60 Å². The number of methoxy groups -OCH3 is 1. The Bertz CT molecular complexity index is 313. The van der Waals surface area contributed by atoms with E-state index in [1.165, 1.54) is 0 Å². The van der Waals surface area contributed by atoms with Crippen molar-refractivity contribution in [1.82, 2.24) is 5.32 Å². The van der Waals surface area contributed by atoms with E-state index in [-0.39, 0.29) is 12.4 Å². The Morgan fingerprint density at radius 1 is 1.43 bits per heavy atom. The molecule has 2 N–H and O–H groups in total. The van der Waals surface area contributed by atoms with E-state index in [9.17, 15) is 5.11 Å². The molecule has 1 aromatic carbocycles. The number of aliphatic hydroxyl groups is 1. The number of β-amino-alcohol motifs (C(OH)–C–C–N with tert-alkyl or cyclic N) is 1. The lowest BCUT2D eigenvalue weighted by atomic mass is 9.88. The Kier molecular flexibility index (Phi) is 3.37. The van der Waals surface area contributed by atoms with Gasteiger partial charge in [-0.25, -0.2) is 0 Å². The standard InChI is InChI=1S/C10H13NO2.ClH/c1-13-9-4-2-3-8(5-9)10(12)6-11-7-10;/h2-5,11-12H,6-7H2,1H3;1H. The first-order chi connectivity index (χ1) is 6.24. The second-order valence-electron chi connectivity index (χ2n) is 3.37. The van der Waals surface area contributed by atoms with Crippen LogP contribution in [0, 0.1) is 0 Å². The summed E-state index contributed by atoms with van der Waals surface area (Å²) in [6, 6.07) is 7.56. The molecule has 1 heterocycles. The molecule has 0 aromatic heterocycles. The molecule has 4 heteroatoms. The fraction of sp³-hybridized carbons (Fsp3) is 0.400. The minimum atomic E-state index is -0.686. The van der Waals surface area contributed by atoms with Crippen LogP contribution in [0.3, 0.4) is 0 Å². The SMILES string of the molecule is COc1cccc(C2(O)CNC2)c1.Cl. The molecule has 2 rings (SSSR count). The molecule has 0 atom stereocenters. The number of ether oxygens (including phenoxy) is 1. The predicted octanol–water partition coefficient (Wildman–Crippen LogP) is 0.908. The number of hydrogen-bond donors (Lipinski definition) is 2. The summed E-state index contributed by atoms with van der Waals surface area (Å²) in [4.78, 5) is 0. The highest BCUT2D eigenvalue weighted by atomic mass is 35.5. The molecular formula is C10H14ClNO2. The maximum absolute atomic E-state index is 9.98. The smallest absolute Gasteiger partial charge is 0.119 e. The van der Waals surface area contributed by atoms with Crippen LogP contribution >= 0.6 is 12.4 Å². The lowest BCUT2D eigenvalue weighted by Gasteiger charge is -2.38. The minimum absolute atomic E-state index is 0. The first kappa shape index (κ1) is 11.3. The van der Waals surface area contributed by atoms with Crippen LogP contribution < -0.4 is 10.1 Å². The van der Waals surface area contributed by atoms with Gasteiger partial charge in [-0.1, -0.05) is 12.1 Å². The molecule has 1 saturated heterocycles. The van der Waals surface area contributed by atoms with E-state index < -0.39 is 5.60 Å². The molecule has 1 aliphatic heterocycles. The van der Waals surface area contributed by atoms with E-state index in [2.05, 4.69) is 5.32 Å². The lowest BCUT2D eigenvalue weighted by molar-refractivity contribution is -0.0148. The van der Waals surface area contributed by atoms with Gasteiger partial charge >= 0.3 is 0 Å². The largest absolute Gasteiger partial charge is 0.497 e. The number of halogens is 1. The number of benzene rings is 1. The molecule has 1 aromatic rings. The van der Waals surface area contributed by atoms with Crippen LogP contribution in [0.5, 0.6) is 5.75 Å². The van der Waals surface area contributed by atoms with Gasteiger partial charge in [0, 0.05) is 13.1 Å². The van der Waals surface area contributed by atoms with Crippen molar-refractivity contribution in [3.63, 3.8) is 0 Å². The van der Waals surface area contributed by atoms with Gasteiger partial charge in [0.15, 0.2) is 0 Å². The summed E-state index contributed by atoms with van der Waals surface area (Å²) in [6.07, 6.45) is 0. The number of nitrogens with one attached hydrogen (secondary N) is 1. The third-order valence-electron chi connectivity index (χ3n) is 2.44. The third-order valence-corrected chi connectivity index (χ3v) is 2.44. The topological polar surface area (TPSA) is 41.5 Å². The van der Waals surface area contributed by atoms with Crippen LogP contribution in [-0.2, 0) is 5.60 Å². The average Bonchev–Trinajstić information content (AvgIpc) is 2.14. The molecule has 1 aliphatic rings. The van der Waals surface area contributed by atoms with Crippen molar-refractivity contribution < 1.29 is 9.84 Å². The fourth-order valence-corrected chi connectivity index (χ4v) is 1.48. The molecule has 0 unspecified atom stereocenters. The molecule has 0 radical (unpaired) electrons. The van der Waals surface area contributed by atoms with Crippen LogP contribution in [0.15, 0.2) is 24.3 Å². The van der Waals surface area contributed by atoms with Gasteiger partial charge in [0.2, 0.25) is 0 Å². The van der Waals surface area contributed by atoms with Crippen LogP contribution in [-0.4, -0.2) is 25.3 Å². The highest BCUT2D eigenvalue weighted by Crippen LogP contribution is 2.27. The van der Waals surface area contributed by atoms with Crippen LogP contribution in [0.1, 0.15) is 5.56 Å².